The van der Waals surface area contributed by atoms with Gasteiger partial charge in [0.2, 0.25) is 0 Å². The van der Waals surface area contributed by atoms with Gasteiger partial charge >= 0.3 is 0 Å². The summed E-state index contributed by atoms with van der Waals surface area (Å²) in [6.45, 7) is 0.894. The second kappa shape index (κ2) is 5.53. The third-order valence-corrected chi connectivity index (χ3v) is 7.39. The van der Waals surface area contributed by atoms with Crippen molar-refractivity contribution in [3.8, 4) is 0 Å². The molecular formula is C19H20N2O3S. The van der Waals surface area contributed by atoms with Crippen LogP contribution < -0.4 is 0 Å². The molecule has 2 aromatic rings. The van der Waals surface area contributed by atoms with E-state index in [1.54, 1.807) is 12.1 Å². The summed E-state index contributed by atoms with van der Waals surface area (Å²) in [6, 6.07) is 7.07. The first-order valence-corrected chi connectivity index (χ1v) is 9.87. The fourth-order valence-electron chi connectivity index (χ4n) is 5.42. The molecule has 1 aromatic carbocycles. The summed E-state index contributed by atoms with van der Waals surface area (Å²) >= 11 is 1.46. The Hall–Kier alpha value is -1.95. The van der Waals surface area contributed by atoms with Crippen LogP contribution in [0.3, 0.4) is 0 Å². The Morgan fingerprint density at radius 3 is 2.52 bits per heavy atom. The number of carbonyl (C=O) groups excluding carboxylic acids is 1. The van der Waals surface area contributed by atoms with Crippen LogP contribution in [-0.2, 0) is 0 Å². The minimum absolute atomic E-state index is 0.0787. The number of amides is 1. The molecule has 0 spiro atoms. The standard InChI is InChI=1S/C19H20N2O3S/c22-19(18-9-14-8-15(21(23)24)1-2-17(14)25-18)20-10-13-4-11-3-12(5-13)7-16(20)6-11/h1-2,8-9,11-13,16H,3-7,10H2. The molecule has 2 atom stereocenters. The molecule has 4 bridgehead atoms. The van der Waals surface area contributed by atoms with E-state index in [9.17, 15) is 14.9 Å². The van der Waals surface area contributed by atoms with E-state index in [-0.39, 0.29) is 16.5 Å². The minimum Gasteiger partial charge on any atom is -0.335 e. The SMILES string of the molecule is O=C(c1cc2cc([N+](=O)[O-])ccc2s1)N1CC2CC3CC(C2)CC1C3. The fourth-order valence-corrected chi connectivity index (χ4v) is 6.42. The molecule has 1 amide bonds. The van der Waals surface area contributed by atoms with Gasteiger partial charge in [-0.1, -0.05) is 0 Å². The maximum Gasteiger partial charge on any atom is 0.270 e. The summed E-state index contributed by atoms with van der Waals surface area (Å²) < 4.78 is 0.939. The number of thiophene rings is 1. The first-order chi connectivity index (χ1) is 12.1. The van der Waals surface area contributed by atoms with Gasteiger partial charge in [-0.2, -0.15) is 0 Å². The summed E-state index contributed by atoms with van der Waals surface area (Å²) in [5.41, 5.74) is 0.0787. The van der Waals surface area contributed by atoms with Gasteiger partial charge in [-0.3, -0.25) is 14.9 Å². The number of hydrogen-bond acceptors (Lipinski definition) is 4. The van der Waals surface area contributed by atoms with Gasteiger partial charge in [-0.05, 0) is 62.0 Å². The van der Waals surface area contributed by atoms with Crippen LogP contribution in [-0.4, -0.2) is 28.3 Å². The lowest BCUT2D eigenvalue weighted by Crippen LogP contribution is -2.41. The Morgan fingerprint density at radius 1 is 1.08 bits per heavy atom. The third kappa shape index (κ3) is 2.54. The van der Waals surface area contributed by atoms with Gasteiger partial charge < -0.3 is 4.90 Å². The molecule has 2 saturated carbocycles. The van der Waals surface area contributed by atoms with Crippen LogP contribution in [0.5, 0.6) is 0 Å². The average Bonchev–Trinajstić information content (AvgIpc) is 2.91. The van der Waals surface area contributed by atoms with Crippen LogP contribution in [0.1, 0.15) is 41.8 Å². The molecule has 4 aliphatic rings. The lowest BCUT2D eigenvalue weighted by Gasteiger charge is -2.38. The Labute approximate surface area is 149 Å². The maximum atomic E-state index is 13.2. The second-order valence-electron chi connectivity index (χ2n) is 7.98. The lowest BCUT2D eigenvalue weighted by molar-refractivity contribution is -0.384. The predicted octanol–water partition coefficient (Wildman–Crippen LogP) is 4.46. The van der Waals surface area contributed by atoms with E-state index >= 15 is 0 Å². The molecule has 6 heteroatoms. The van der Waals surface area contributed by atoms with Crippen molar-refractivity contribution in [3.63, 3.8) is 0 Å². The Morgan fingerprint density at radius 2 is 1.80 bits per heavy atom. The second-order valence-corrected chi connectivity index (χ2v) is 9.06. The van der Waals surface area contributed by atoms with Crippen LogP contribution in [0.15, 0.2) is 24.3 Å². The summed E-state index contributed by atoms with van der Waals surface area (Å²) in [5, 5.41) is 11.8. The van der Waals surface area contributed by atoms with E-state index in [0.29, 0.717) is 12.0 Å². The molecule has 130 valence electrons. The molecule has 0 N–H and O–H groups in total. The van der Waals surface area contributed by atoms with E-state index in [2.05, 4.69) is 4.90 Å². The van der Waals surface area contributed by atoms with E-state index in [1.165, 1.54) is 36.7 Å². The van der Waals surface area contributed by atoms with Crippen LogP contribution in [0.2, 0.25) is 0 Å². The highest BCUT2D eigenvalue weighted by molar-refractivity contribution is 7.20. The van der Waals surface area contributed by atoms with Gasteiger partial charge in [-0.15, -0.1) is 11.3 Å². The van der Waals surface area contributed by atoms with Crippen molar-refractivity contribution >= 4 is 33.0 Å². The van der Waals surface area contributed by atoms with Gasteiger partial charge in [0.1, 0.15) is 0 Å². The molecule has 2 aliphatic heterocycles. The van der Waals surface area contributed by atoms with Crippen molar-refractivity contribution in [3.05, 3.63) is 39.3 Å². The average molecular weight is 356 g/mol. The van der Waals surface area contributed by atoms with Gasteiger partial charge in [0.25, 0.3) is 11.6 Å². The maximum absolute atomic E-state index is 13.2. The highest BCUT2D eigenvalue weighted by atomic mass is 32.1. The van der Waals surface area contributed by atoms with Crippen LogP contribution in [0, 0.1) is 27.9 Å². The number of nitrogens with zero attached hydrogens (tertiary/aromatic N) is 2. The largest absolute Gasteiger partial charge is 0.335 e. The lowest BCUT2D eigenvalue weighted by atomic mass is 9.68. The number of rotatable bonds is 2. The molecule has 25 heavy (non-hydrogen) atoms. The van der Waals surface area contributed by atoms with E-state index in [1.807, 2.05) is 6.07 Å². The number of benzene rings is 1. The molecule has 2 saturated heterocycles. The number of nitro benzene ring substituents is 1. The quantitative estimate of drug-likeness (QED) is 0.589. The molecule has 6 rings (SSSR count). The Kier molecular flexibility index (Phi) is 3.39. The van der Waals surface area contributed by atoms with Crippen LogP contribution in [0.4, 0.5) is 5.69 Å². The van der Waals surface area contributed by atoms with Crippen molar-refractivity contribution in [2.45, 2.75) is 38.1 Å². The van der Waals surface area contributed by atoms with E-state index in [4.69, 9.17) is 0 Å². The zero-order valence-corrected chi connectivity index (χ0v) is 14.7. The first-order valence-electron chi connectivity index (χ1n) is 9.06. The summed E-state index contributed by atoms with van der Waals surface area (Å²) in [6.07, 6.45) is 6.26. The van der Waals surface area contributed by atoms with Crippen LogP contribution >= 0.6 is 11.3 Å². The Bertz CT molecular complexity index is 863. The van der Waals surface area contributed by atoms with E-state index in [0.717, 1.165) is 46.2 Å². The smallest absolute Gasteiger partial charge is 0.270 e. The highest BCUT2D eigenvalue weighted by Gasteiger charge is 2.44. The van der Waals surface area contributed by atoms with Crippen molar-refractivity contribution in [2.75, 3.05) is 6.54 Å². The zero-order valence-electron chi connectivity index (χ0n) is 13.9. The molecular weight excluding hydrogens is 336 g/mol. The molecule has 4 fully saturated rings. The van der Waals surface area contributed by atoms with Crippen molar-refractivity contribution < 1.29 is 9.72 Å². The zero-order chi connectivity index (χ0) is 17.1. The molecule has 2 aliphatic carbocycles. The summed E-state index contributed by atoms with van der Waals surface area (Å²) in [5.74, 6) is 2.41. The first kappa shape index (κ1) is 15.3. The molecule has 2 unspecified atom stereocenters. The molecule has 1 aromatic heterocycles. The number of carbonyl (C=O) groups is 1. The Balaban J connectivity index is 1.47. The van der Waals surface area contributed by atoms with Gasteiger partial charge in [0.15, 0.2) is 0 Å². The highest BCUT2D eigenvalue weighted by Crippen LogP contribution is 2.48. The number of fused-ring (bicyclic) bond motifs is 2. The summed E-state index contributed by atoms with van der Waals surface area (Å²) in [7, 11) is 0. The molecule has 0 radical (unpaired) electrons. The summed E-state index contributed by atoms with van der Waals surface area (Å²) in [4.78, 5) is 26.6. The van der Waals surface area contributed by atoms with E-state index < -0.39 is 0 Å². The number of non-ortho nitro benzene ring substituents is 1. The van der Waals surface area contributed by atoms with Crippen molar-refractivity contribution in [1.29, 1.82) is 0 Å². The van der Waals surface area contributed by atoms with Gasteiger partial charge in [0.05, 0.1) is 9.80 Å². The van der Waals surface area contributed by atoms with Crippen molar-refractivity contribution in [1.82, 2.24) is 4.90 Å². The normalized spacial score (nSPS) is 30.6. The minimum atomic E-state index is -0.386. The van der Waals surface area contributed by atoms with Gasteiger partial charge in [-0.25, -0.2) is 0 Å². The fraction of sp³-hybridized carbons (Fsp3) is 0.526. The predicted molar refractivity (Wildman–Crippen MR) is 96.9 cm³/mol. The number of nitro groups is 1. The monoisotopic (exact) mass is 356 g/mol. The molecule has 5 nitrogen and oxygen atoms in total. The van der Waals surface area contributed by atoms with Crippen molar-refractivity contribution in [2.24, 2.45) is 17.8 Å². The van der Waals surface area contributed by atoms with Gasteiger partial charge in [0, 0.05) is 34.8 Å². The topological polar surface area (TPSA) is 63.4 Å². The third-order valence-electron chi connectivity index (χ3n) is 6.29. The molecule has 3 heterocycles. The number of hydrogen-bond donors (Lipinski definition) is 0. The van der Waals surface area contributed by atoms with Crippen LogP contribution in [0.25, 0.3) is 10.1 Å².